The van der Waals surface area contributed by atoms with Gasteiger partial charge in [0.15, 0.2) is 0 Å². The summed E-state index contributed by atoms with van der Waals surface area (Å²) in [5.74, 6) is 0. The van der Waals surface area contributed by atoms with Gasteiger partial charge in [-0.15, -0.1) is 0 Å². The molecule has 11 aromatic rings. The Labute approximate surface area is 325 Å². The Morgan fingerprint density at radius 1 is 0.286 bits per heavy atom. The lowest BCUT2D eigenvalue weighted by Gasteiger charge is -2.13. The van der Waals surface area contributed by atoms with Crippen LogP contribution in [-0.4, -0.2) is 14.1 Å². The van der Waals surface area contributed by atoms with E-state index >= 15 is 0 Å². The molecule has 0 aliphatic heterocycles. The first-order chi connectivity index (χ1) is 27.8. The molecule has 0 N–H and O–H groups in total. The van der Waals surface area contributed by atoms with Gasteiger partial charge in [-0.3, -0.25) is 0 Å². The number of hydrogen-bond donors (Lipinski definition) is 0. The van der Waals surface area contributed by atoms with Crippen molar-refractivity contribution in [3.05, 3.63) is 212 Å². The zero-order valence-electron chi connectivity index (χ0n) is 30.5. The Morgan fingerprint density at radius 2 is 0.821 bits per heavy atom. The highest BCUT2D eigenvalue weighted by molar-refractivity contribution is 6.26. The van der Waals surface area contributed by atoms with Gasteiger partial charge in [0.25, 0.3) is 0 Å². The van der Waals surface area contributed by atoms with Gasteiger partial charge >= 0.3 is 0 Å². The molecule has 0 bridgehead atoms. The smallest absolute Gasteiger partial charge is 0.0715 e. The second kappa shape index (κ2) is 13.1. The summed E-state index contributed by atoms with van der Waals surface area (Å²) in [5.41, 5.74) is 15.8. The molecule has 0 aliphatic carbocycles. The van der Waals surface area contributed by atoms with Crippen molar-refractivity contribution in [3.63, 3.8) is 0 Å². The molecule has 0 unspecified atom stereocenters. The Kier molecular flexibility index (Phi) is 7.49. The summed E-state index contributed by atoms with van der Waals surface area (Å²) in [6.07, 6.45) is 0. The molecule has 0 aliphatic rings. The number of hydrogen-bond acceptors (Lipinski definition) is 1. The van der Waals surface area contributed by atoms with E-state index in [0.29, 0.717) is 0 Å². The fraction of sp³-hybridized carbons (Fsp3) is 0. The van der Waals surface area contributed by atoms with Crippen molar-refractivity contribution in [3.8, 4) is 56.1 Å². The Balaban J connectivity index is 1.10. The molecule has 3 heteroatoms. The van der Waals surface area contributed by atoms with Crippen LogP contribution >= 0.6 is 0 Å². The minimum Gasteiger partial charge on any atom is -0.309 e. The van der Waals surface area contributed by atoms with Crippen molar-refractivity contribution >= 4 is 43.6 Å². The third-order valence-corrected chi connectivity index (χ3v) is 11.1. The molecular formula is C53H35N3. The van der Waals surface area contributed by atoms with Crippen LogP contribution in [0.5, 0.6) is 0 Å². The summed E-state index contributed by atoms with van der Waals surface area (Å²) in [6.45, 7) is 0. The summed E-state index contributed by atoms with van der Waals surface area (Å²) in [4.78, 5) is 5.23. The summed E-state index contributed by atoms with van der Waals surface area (Å²) >= 11 is 0. The number of aromatic nitrogens is 3. The number of benzene rings is 8. The van der Waals surface area contributed by atoms with Gasteiger partial charge in [-0.05, 0) is 82.9 Å². The molecule has 0 atom stereocenters. The fourth-order valence-electron chi connectivity index (χ4n) is 8.53. The second-order valence-corrected chi connectivity index (χ2v) is 14.4. The number of para-hydroxylation sites is 3. The molecule has 8 aromatic carbocycles. The maximum Gasteiger partial charge on any atom is 0.0715 e. The molecule has 0 amide bonds. The van der Waals surface area contributed by atoms with Crippen molar-refractivity contribution in [1.82, 2.24) is 14.1 Å². The first-order valence-electron chi connectivity index (χ1n) is 19.1. The normalized spacial score (nSPS) is 11.6. The first kappa shape index (κ1) is 32.0. The standard InChI is InChI=1S/C53H35N3/c1-4-15-36(16-5-1)39-19-14-20-40(33-39)48-35-41(34-47(54-48)38-17-6-2-7-18-38)37-27-29-43(30-28-37)56-49-25-12-10-23-44(49)45-31-32-51-52(53(45)56)46-24-11-13-26-50(46)55(51)42-21-8-3-9-22-42/h1-35H. The van der Waals surface area contributed by atoms with E-state index in [0.717, 1.165) is 45.0 Å². The molecule has 0 saturated heterocycles. The summed E-state index contributed by atoms with van der Waals surface area (Å²) < 4.78 is 4.86. The third-order valence-electron chi connectivity index (χ3n) is 11.1. The molecular weight excluding hydrogens is 679 g/mol. The highest BCUT2D eigenvalue weighted by Gasteiger charge is 2.21. The quantitative estimate of drug-likeness (QED) is 0.168. The van der Waals surface area contributed by atoms with Crippen LogP contribution in [0.1, 0.15) is 0 Å². The van der Waals surface area contributed by atoms with E-state index in [1.165, 1.54) is 54.7 Å². The zero-order valence-corrected chi connectivity index (χ0v) is 30.5. The summed E-state index contributed by atoms with van der Waals surface area (Å²) in [7, 11) is 0. The van der Waals surface area contributed by atoms with E-state index in [1.54, 1.807) is 0 Å². The average molecular weight is 714 g/mol. The Hall–Kier alpha value is -7.49. The molecule has 0 fully saturated rings. The predicted octanol–water partition coefficient (Wildman–Crippen LogP) is 13.9. The van der Waals surface area contributed by atoms with E-state index in [2.05, 4.69) is 221 Å². The minimum absolute atomic E-state index is 0.947. The van der Waals surface area contributed by atoms with Crippen molar-refractivity contribution in [1.29, 1.82) is 0 Å². The van der Waals surface area contributed by atoms with Crippen LogP contribution in [0.2, 0.25) is 0 Å². The van der Waals surface area contributed by atoms with E-state index in [9.17, 15) is 0 Å². The molecule has 0 radical (unpaired) electrons. The van der Waals surface area contributed by atoms with Crippen molar-refractivity contribution in [2.45, 2.75) is 0 Å². The van der Waals surface area contributed by atoms with E-state index < -0.39 is 0 Å². The number of nitrogens with zero attached hydrogens (tertiary/aromatic N) is 3. The monoisotopic (exact) mass is 713 g/mol. The van der Waals surface area contributed by atoms with Crippen molar-refractivity contribution in [2.75, 3.05) is 0 Å². The van der Waals surface area contributed by atoms with Crippen molar-refractivity contribution in [2.24, 2.45) is 0 Å². The van der Waals surface area contributed by atoms with E-state index in [1.807, 2.05) is 0 Å². The Bertz CT molecular complexity index is 3210. The van der Waals surface area contributed by atoms with Gasteiger partial charge in [-0.25, -0.2) is 4.98 Å². The lowest BCUT2D eigenvalue weighted by Crippen LogP contribution is -1.96. The maximum atomic E-state index is 5.23. The summed E-state index contributed by atoms with van der Waals surface area (Å²) in [6, 6.07) is 76.1. The van der Waals surface area contributed by atoms with Crippen molar-refractivity contribution < 1.29 is 0 Å². The largest absolute Gasteiger partial charge is 0.309 e. The molecule has 3 heterocycles. The van der Waals surface area contributed by atoms with Gasteiger partial charge in [0, 0.05) is 44.0 Å². The van der Waals surface area contributed by atoms with Gasteiger partial charge in [-0.2, -0.15) is 0 Å². The molecule has 3 nitrogen and oxygen atoms in total. The van der Waals surface area contributed by atoms with Gasteiger partial charge in [0.1, 0.15) is 0 Å². The SMILES string of the molecule is c1ccc(-c2cccc(-c3cc(-c4ccc(-n5c6ccccc6c6ccc7c(c8ccccc8n7-c7ccccc7)c65)cc4)cc(-c4ccccc4)n3)c2)cc1. The van der Waals surface area contributed by atoms with Gasteiger partial charge in [-0.1, -0.05) is 152 Å². The molecule has 11 rings (SSSR count). The maximum absolute atomic E-state index is 5.23. The van der Waals surface area contributed by atoms with Crippen LogP contribution in [0.3, 0.4) is 0 Å². The van der Waals surface area contributed by atoms with Crippen LogP contribution in [0.4, 0.5) is 0 Å². The molecule has 0 spiro atoms. The number of pyridine rings is 1. The fourth-order valence-corrected chi connectivity index (χ4v) is 8.53. The van der Waals surface area contributed by atoms with Crippen LogP contribution in [0, 0.1) is 0 Å². The van der Waals surface area contributed by atoms with Gasteiger partial charge < -0.3 is 9.13 Å². The number of rotatable bonds is 6. The molecule has 56 heavy (non-hydrogen) atoms. The number of fused-ring (bicyclic) bond motifs is 7. The van der Waals surface area contributed by atoms with E-state index in [-0.39, 0.29) is 0 Å². The predicted molar refractivity (Wildman–Crippen MR) is 235 cm³/mol. The highest BCUT2D eigenvalue weighted by Crippen LogP contribution is 2.42. The first-order valence-corrected chi connectivity index (χ1v) is 19.1. The topological polar surface area (TPSA) is 22.8 Å². The zero-order chi connectivity index (χ0) is 37.0. The molecule has 3 aromatic heterocycles. The summed E-state index contributed by atoms with van der Waals surface area (Å²) in [5, 5.41) is 4.99. The van der Waals surface area contributed by atoms with E-state index in [4.69, 9.17) is 4.98 Å². The third kappa shape index (κ3) is 5.25. The average Bonchev–Trinajstić information content (AvgIpc) is 3.80. The molecule has 0 saturated carbocycles. The Morgan fingerprint density at radius 3 is 1.55 bits per heavy atom. The van der Waals surface area contributed by atoms with Crippen LogP contribution in [0.25, 0.3) is 99.8 Å². The molecule has 262 valence electrons. The lowest BCUT2D eigenvalue weighted by molar-refractivity contribution is 1.17. The lowest BCUT2D eigenvalue weighted by atomic mass is 9.97. The minimum atomic E-state index is 0.947. The van der Waals surface area contributed by atoms with Gasteiger partial charge in [0.05, 0.1) is 33.5 Å². The second-order valence-electron chi connectivity index (χ2n) is 14.4. The van der Waals surface area contributed by atoms with Gasteiger partial charge in [0.2, 0.25) is 0 Å². The van der Waals surface area contributed by atoms with Crippen LogP contribution in [-0.2, 0) is 0 Å². The highest BCUT2D eigenvalue weighted by atomic mass is 15.0. The van der Waals surface area contributed by atoms with Crippen LogP contribution < -0.4 is 0 Å². The van der Waals surface area contributed by atoms with Crippen LogP contribution in [0.15, 0.2) is 212 Å².